The molecule has 1 aromatic rings. The molecule has 0 radical (unpaired) electrons. The fourth-order valence-corrected chi connectivity index (χ4v) is 1.74. The van der Waals surface area contributed by atoms with Gasteiger partial charge in [-0.2, -0.15) is 13.5 Å². The Morgan fingerprint density at radius 3 is 2.78 bits per heavy atom. The van der Waals surface area contributed by atoms with E-state index in [0.717, 1.165) is 24.2 Å². The summed E-state index contributed by atoms with van der Waals surface area (Å²) in [5.74, 6) is -1.12. The van der Waals surface area contributed by atoms with Gasteiger partial charge in [-0.15, -0.1) is 0 Å². The number of carbonyl (C=O) groups excluding carboxylic acids is 1. The molecule has 100 valence electrons. The van der Waals surface area contributed by atoms with Crippen LogP contribution in [0.1, 0.15) is 0 Å². The van der Waals surface area contributed by atoms with Crippen molar-refractivity contribution in [2.24, 2.45) is 0 Å². The molecule has 0 atom stereocenters. The van der Waals surface area contributed by atoms with Crippen molar-refractivity contribution in [1.29, 1.82) is 0 Å². The summed E-state index contributed by atoms with van der Waals surface area (Å²) in [5, 5.41) is 12.1. The number of carbonyl (C=O) groups is 2. The third-order valence-electron chi connectivity index (χ3n) is 1.59. The molecule has 11 heteroatoms. The van der Waals surface area contributed by atoms with Crippen LogP contribution in [-0.2, 0) is 26.3 Å². The largest absolute Gasteiger partial charge is 0.480 e. The van der Waals surface area contributed by atoms with Crippen molar-refractivity contribution in [1.82, 2.24) is 14.5 Å². The van der Waals surface area contributed by atoms with Crippen LogP contribution in [-0.4, -0.2) is 42.5 Å². The summed E-state index contributed by atoms with van der Waals surface area (Å²) in [7, 11) is -3.13. The van der Waals surface area contributed by atoms with Crippen molar-refractivity contribution in [2.75, 3.05) is 11.8 Å². The van der Waals surface area contributed by atoms with Gasteiger partial charge in [-0.05, 0) is 0 Å². The predicted octanol–water partition coefficient (Wildman–Crippen LogP) is -1.02. The lowest BCUT2D eigenvalue weighted by molar-refractivity contribution is -0.137. The second-order valence-electron chi connectivity index (χ2n) is 3.02. The first-order valence-electron chi connectivity index (χ1n) is 4.45. The van der Waals surface area contributed by atoms with Crippen LogP contribution in [0.3, 0.4) is 0 Å². The highest BCUT2D eigenvalue weighted by molar-refractivity contribution is 7.91. The van der Waals surface area contributed by atoms with Gasteiger partial charge in [0.15, 0.2) is 0 Å². The van der Waals surface area contributed by atoms with E-state index in [1.54, 1.807) is 4.72 Å². The second-order valence-corrected chi connectivity index (χ2v) is 4.43. The molecule has 0 spiro atoms. The maximum Gasteiger partial charge on any atom is 0.422 e. The van der Waals surface area contributed by atoms with Gasteiger partial charge in [-0.1, -0.05) is 0 Å². The molecule has 0 aliphatic heterocycles. The van der Waals surface area contributed by atoms with E-state index in [0.29, 0.717) is 0 Å². The molecule has 1 rings (SSSR count). The van der Waals surface area contributed by atoms with Gasteiger partial charge in [-0.25, -0.2) is 9.52 Å². The van der Waals surface area contributed by atoms with Crippen LogP contribution in [0.25, 0.3) is 0 Å². The summed E-state index contributed by atoms with van der Waals surface area (Å²) in [4.78, 5) is 21.1. The van der Waals surface area contributed by atoms with Gasteiger partial charge in [0.05, 0.1) is 19.0 Å². The average molecular weight is 278 g/mol. The van der Waals surface area contributed by atoms with Crippen LogP contribution in [0, 0.1) is 0 Å². The third kappa shape index (κ3) is 4.29. The molecule has 0 unspecified atom stereocenters. The topological polar surface area (TPSA) is 140 Å². The number of amides is 1. The molecule has 0 fully saturated rings. The minimum atomic E-state index is -4.14. The SMILES string of the molecule is COC(=O)NS(=O)(=O)Nc1cnn(CC(=O)O)c1. The van der Waals surface area contributed by atoms with E-state index in [-0.39, 0.29) is 5.69 Å². The number of aromatic nitrogens is 2. The Labute approximate surface area is 102 Å². The highest BCUT2D eigenvalue weighted by Crippen LogP contribution is 2.06. The van der Waals surface area contributed by atoms with Crippen LogP contribution in [0.5, 0.6) is 0 Å². The van der Waals surface area contributed by atoms with Crippen molar-refractivity contribution in [3.8, 4) is 0 Å². The number of ether oxygens (including phenoxy) is 1. The molecule has 18 heavy (non-hydrogen) atoms. The lowest BCUT2D eigenvalue weighted by Crippen LogP contribution is -2.35. The number of rotatable bonds is 5. The van der Waals surface area contributed by atoms with E-state index in [1.165, 1.54) is 0 Å². The Kier molecular flexibility index (Phi) is 4.09. The molecule has 1 amide bonds. The Bertz CT molecular complexity index is 550. The molecule has 1 aromatic heterocycles. The van der Waals surface area contributed by atoms with Crippen molar-refractivity contribution in [3.63, 3.8) is 0 Å². The Morgan fingerprint density at radius 1 is 1.56 bits per heavy atom. The minimum Gasteiger partial charge on any atom is -0.480 e. The molecule has 0 aliphatic rings. The van der Waals surface area contributed by atoms with E-state index in [9.17, 15) is 18.0 Å². The quantitative estimate of drug-likeness (QED) is 0.626. The van der Waals surface area contributed by atoms with E-state index >= 15 is 0 Å². The monoisotopic (exact) mass is 278 g/mol. The van der Waals surface area contributed by atoms with Gasteiger partial charge in [0, 0.05) is 6.20 Å². The molecule has 3 N–H and O–H groups in total. The van der Waals surface area contributed by atoms with Crippen LogP contribution in [0.2, 0.25) is 0 Å². The molecule has 0 aliphatic carbocycles. The van der Waals surface area contributed by atoms with E-state index in [1.807, 2.05) is 4.72 Å². The van der Waals surface area contributed by atoms with Gasteiger partial charge in [-0.3, -0.25) is 14.2 Å². The first kappa shape index (κ1) is 13.8. The molecule has 0 bridgehead atoms. The number of hydrogen-bond acceptors (Lipinski definition) is 6. The van der Waals surface area contributed by atoms with Crippen LogP contribution in [0.15, 0.2) is 12.4 Å². The summed E-state index contributed by atoms with van der Waals surface area (Å²) in [6, 6.07) is 0. The molecule has 10 nitrogen and oxygen atoms in total. The lowest BCUT2D eigenvalue weighted by atomic mass is 10.6. The average Bonchev–Trinajstić information content (AvgIpc) is 2.62. The lowest BCUT2D eigenvalue weighted by Gasteiger charge is -2.05. The maximum atomic E-state index is 11.3. The van der Waals surface area contributed by atoms with Crippen LogP contribution in [0.4, 0.5) is 10.5 Å². The highest BCUT2D eigenvalue weighted by Gasteiger charge is 2.15. The number of nitrogens with zero attached hydrogens (tertiary/aromatic N) is 2. The minimum absolute atomic E-state index is 0.00709. The smallest absolute Gasteiger partial charge is 0.422 e. The zero-order valence-electron chi connectivity index (χ0n) is 9.15. The van der Waals surface area contributed by atoms with Crippen molar-refractivity contribution in [2.45, 2.75) is 6.54 Å². The second kappa shape index (κ2) is 5.35. The Balaban J connectivity index is 2.69. The van der Waals surface area contributed by atoms with E-state index < -0.39 is 28.8 Å². The number of aliphatic carboxylic acids is 1. The first-order chi connectivity index (χ1) is 8.32. The molecule has 0 saturated carbocycles. The van der Waals surface area contributed by atoms with Gasteiger partial charge < -0.3 is 9.84 Å². The van der Waals surface area contributed by atoms with Gasteiger partial charge in [0.2, 0.25) is 0 Å². The molecule has 0 aromatic carbocycles. The Morgan fingerprint density at radius 2 is 2.22 bits per heavy atom. The van der Waals surface area contributed by atoms with E-state index in [2.05, 4.69) is 9.84 Å². The number of nitrogens with one attached hydrogen (secondary N) is 2. The summed E-state index contributed by atoms with van der Waals surface area (Å²) < 4.78 is 31.3. The van der Waals surface area contributed by atoms with Crippen molar-refractivity contribution in [3.05, 3.63) is 12.4 Å². The molecular weight excluding hydrogens is 268 g/mol. The van der Waals surface area contributed by atoms with Gasteiger partial charge in [0.1, 0.15) is 6.54 Å². The number of hydrogen-bond donors (Lipinski definition) is 3. The van der Waals surface area contributed by atoms with Gasteiger partial charge in [0.25, 0.3) is 0 Å². The fraction of sp³-hybridized carbons (Fsp3) is 0.286. The number of methoxy groups -OCH3 is 1. The zero-order valence-corrected chi connectivity index (χ0v) is 9.97. The van der Waals surface area contributed by atoms with Crippen LogP contribution < -0.4 is 9.44 Å². The highest BCUT2D eigenvalue weighted by atomic mass is 32.2. The molecule has 1 heterocycles. The summed E-state index contributed by atoms with van der Waals surface area (Å²) in [5.41, 5.74) is 0.00709. The fourth-order valence-electron chi connectivity index (χ4n) is 0.973. The normalized spacial score (nSPS) is 10.7. The first-order valence-corrected chi connectivity index (χ1v) is 5.93. The number of anilines is 1. The molecular formula is C7H10N4O6S. The summed E-state index contributed by atoms with van der Waals surface area (Å²) in [6.07, 6.45) is 1.10. The summed E-state index contributed by atoms with van der Waals surface area (Å²) >= 11 is 0. The standard InChI is InChI=1S/C7H10N4O6S/c1-17-7(14)10-18(15,16)9-5-2-8-11(3-5)4-6(12)13/h2-3,9H,4H2,1H3,(H,10,14)(H,12,13). The molecule has 0 saturated heterocycles. The van der Waals surface area contributed by atoms with Crippen LogP contribution >= 0.6 is 0 Å². The van der Waals surface area contributed by atoms with Gasteiger partial charge >= 0.3 is 22.3 Å². The maximum absolute atomic E-state index is 11.3. The number of carboxylic acids is 1. The van der Waals surface area contributed by atoms with Crippen molar-refractivity contribution < 1.29 is 27.9 Å². The third-order valence-corrected chi connectivity index (χ3v) is 2.53. The predicted molar refractivity (Wildman–Crippen MR) is 57.9 cm³/mol. The summed E-state index contributed by atoms with van der Waals surface area (Å²) in [6.45, 7) is -0.411. The number of carboxylic acid groups (broad SMARTS) is 1. The Hall–Kier alpha value is -2.30. The zero-order chi connectivity index (χ0) is 13.8. The van der Waals surface area contributed by atoms with Crippen molar-refractivity contribution >= 4 is 28.0 Å². The van der Waals surface area contributed by atoms with E-state index in [4.69, 9.17) is 5.11 Å².